The largest absolute Gasteiger partial charge is 0.494 e. The second-order valence-corrected chi connectivity index (χ2v) is 7.67. The summed E-state index contributed by atoms with van der Waals surface area (Å²) in [4.78, 5) is 38.3. The monoisotopic (exact) mass is 391 g/mol. The van der Waals surface area contributed by atoms with Crippen molar-refractivity contribution < 1.29 is 23.9 Å². The summed E-state index contributed by atoms with van der Waals surface area (Å²) < 4.78 is 10.7. The average Bonchev–Trinajstić information content (AvgIpc) is 2.65. The minimum atomic E-state index is -0.585. The second kappa shape index (κ2) is 9.43. The summed E-state index contributed by atoms with van der Waals surface area (Å²) in [6.45, 7) is 8.64. The van der Waals surface area contributed by atoms with Gasteiger partial charge in [0.25, 0.3) is 5.91 Å². The Balaban J connectivity index is 1.84. The predicted octanol–water partition coefficient (Wildman–Crippen LogP) is 2.49. The molecule has 28 heavy (non-hydrogen) atoms. The molecule has 2 rings (SSSR count). The molecule has 1 saturated heterocycles. The molecule has 154 valence electrons. The number of piperidine rings is 1. The molecule has 8 nitrogen and oxygen atoms in total. The molecule has 0 bridgehead atoms. The first-order valence-electron chi connectivity index (χ1n) is 9.50. The molecule has 1 aliphatic rings. The number of nitrogens with zero attached hydrogens (tertiary/aromatic N) is 1. The van der Waals surface area contributed by atoms with E-state index in [1.54, 1.807) is 45.0 Å². The molecule has 1 atom stereocenters. The predicted molar refractivity (Wildman–Crippen MR) is 104 cm³/mol. The van der Waals surface area contributed by atoms with Gasteiger partial charge in [-0.05, 0) is 64.8 Å². The van der Waals surface area contributed by atoms with E-state index in [9.17, 15) is 14.4 Å². The molecule has 3 amide bonds. The van der Waals surface area contributed by atoms with Crippen LogP contribution in [0.25, 0.3) is 0 Å². The van der Waals surface area contributed by atoms with Gasteiger partial charge in [-0.3, -0.25) is 20.4 Å². The normalized spacial score (nSPS) is 16.9. The number of likely N-dealkylation sites (tertiary alicyclic amines) is 1. The van der Waals surface area contributed by atoms with Gasteiger partial charge < -0.3 is 14.4 Å². The van der Waals surface area contributed by atoms with Crippen LogP contribution in [0.3, 0.4) is 0 Å². The number of rotatable bonds is 4. The van der Waals surface area contributed by atoms with Gasteiger partial charge in [0.2, 0.25) is 5.91 Å². The van der Waals surface area contributed by atoms with E-state index in [1.807, 2.05) is 6.92 Å². The van der Waals surface area contributed by atoms with Crippen molar-refractivity contribution in [2.45, 2.75) is 46.1 Å². The fraction of sp³-hybridized carbons (Fsp3) is 0.550. The summed E-state index contributed by atoms with van der Waals surface area (Å²) in [5.74, 6) is -0.474. The molecule has 0 radical (unpaired) electrons. The Morgan fingerprint density at radius 1 is 1.14 bits per heavy atom. The van der Waals surface area contributed by atoms with Crippen molar-refractivity contribution in [2.75, 3.05) is 19.7 Å². The molecule has 1 heterocycles. The van der Waals surface area contributed by atoms with Crippen molar-refractivity contribution in [3.63, 3.8) is 0 Å². The summed E-state index contributed by atoms with van der Waals surface area (Å²) in [6.07, 6.45) is 0.914. The van der Waals surface area contributed by atoms with Gasteiger partial charge in [-0.1, -0.05) is 0 Å². The van der Waals surface area contributed by atoms with Crippen LogP contribution in [0.1, 0.15) is 50.9 Å². The zero-order chi connectivity index (χ0) is 20.7. The van der Waals surface area contributed by atoms with E-state index in [1.165, 1.54) is 4.90 Å². The average molecular weight is 391 g/mol. The third-order valence-electron chi connectivity index (χ3n) is 4.17. The van der Waals surface area contributed by atoms with Crippen molar-refractivity contribution in [3.05, 3.63) is 29.8 Å². The van der Waals surface area contributed by atoms with E-state index >= 15 is 0 Å². The molecule has 1 aliphatic heterocycles. The van der Waals surface area contributed by atoms with Gasteiger partial charge in [-0.25, -0.2) is 4.79 Å². The number of amides is 3. The number of carbonyl (C=O) groups excluding carboxylic acids is 3. The van der Waals surface area contributed by atoms with E-state index in [0.29, 0.717) is 37.3 Å². The van der Waals surface area contributed by atoms with Crippen LogP contribution in [0.2, 0.25) is 0 Å². The molecule has 0 spiro atoms. The lowest BCUT2D eigenvalue weighted by Gasteiger charge is -2.33. The number of hydrazine groups is 1. The number of hydrogen-bond acceptors (Lipinski definition) is 5. The number of ether oxygens (including phenoxy) is 2. The van der Waals surface area contributed by atoms with Crippen LogP contribution in [0.15, 0.2) is 24.3 Å². The zero-order valence-electron chi connectivity index (χ0n) is 16.9. The van der Waals surface area contributed by atoms with E-state index in [0.717, 1.165) is 0 Å². The molecule has 8 heteroatoms. The zero-order valence-corrected chi connectivity index (χ0v) is 16.9. The highest BCUT2D eigenvalue weighted by Crippen LogP contribution is 2.19. The first kappa shape index (κ1) is 21.5. The van der Waals surface area contributed by atoms with Crippen molar-refractivity contribution in [1.82, 2.24) is 15.8 Å². The van der Waals surface area contributed by atoms with E-state index < -0.39 is 23.5 Å². The van der Waals surface area contributed by atoms with Crippen LogP contribution in [0.4, 0.5) is 4.79 Å². The van der Waals surface area contributed by atoms with Crippen LogP contribution in [-0.2, 0) is 9.53 Å². The summed E-state index contributed by atoms with van der Waals surface area (Å²) in [6, 6.07) is 6.63. The maximum absolute atomic E-state index is 12.4. The van der Waals surface area contributed by atoms with Crippen LogP contribution >= 0.6 is 0 Å². The van der Waals surface area contributed by atoms with Gasteiger partial charge >= 0.3 is 6.09 Å². The summed E-state index contributed by atoms with van der Waals surface area (Å²) in [5, 5.41) is 0. The first-order valence-corrected chi connectivity index (χ1v) is 9.50. The lowest BCUT2D eigenvalue weighted by atomic mass is 9.98. The molecule has 2 N–H and O–H groups in total. The summed E-state index contributed by atoms with van der Waals surface area (Å²) in [5.41, 5.74) is 4.69. The van der Waals surface area contributed by atoms with E-state index in [-0.39, 0.29) is 12.5 Å². The van der Waals surface area contributed by atoms with Crippen LogP contribution in [0, 0.1) is 5.92 Å². The Morgan fingerprint density at radius 3 is 2.43 bits per heavy atom. The molecule has 0 saturated carbocycles. The molecule has 1 unspecified atom stereocenters. The SMILES string of the molecule is CCOc1ccc(C(=O)NNC(=O)C2CCCN(C(=O)OC(C)(C)C)C2)cc1. The number of nitrogens with one attached hydrogen (secondary N) is 2. The Hall–Kier alpha value is -2.77. The van der Waals surface area contributed by atoms with Crippen molar-refractivity contribution in [3.8, 4) is 5.75 Å². The van der Waals surface area contributed by atoms with Gasteiger partial charge in [0.1, 0.15) is 11.4 Å². The van der Waals surface area contributed by atoms with Crippen LogP contribution in [0.5, 0.6) is 5.75 Å². The van der Waals surface area contributed by atoms with Gasteiger partial charge in [0, 0.05) is 18.7 Å². The highest BCUT2D eigenvalue weighted by Gasteiger charge is 2.31. The molecule has 1 fully saturated rings. The number of carbonyl (C=O) groups is 3. The smallest absolute Gasteiger partial charge is 0.410 e. The Kier molecular flexibility index (Phi) is 7.25. The van der Waals surface area contributed by atoms with E-state index in [4.69, 9.17) is 9.47 Å². The van der Waals surface area contributed by atoms with Gasteiger partial charge in [0.15, 0.2) is 0 Å². The lowest BCUT2D eigenvalue weighted by Crippen LogP contribution is -2.50. The second-order valence-electron chi connectivity index (χ2n) is 7.67. The molecule has 1 aromatic carbocycles. The lowest BCUT2D eigenvalue weighted by molar-refractivity contribution is -0.127. The number of hydrogen-bond donors (Lipinski definition) is 2. The van der Waals surface area contributed by atoms with Gasteiger partial charge in [-0.2, -0.15) is 0 Å². The van der Waals surface area contributed by atoms with Gasteiger partial charge in [-0.15, -0.1) is 0 Å². The standard InChI is InChI=1S/C20H29N3O5/c1-5-27-16-10-8-14(9-11-16)17(24)21-22-18(25)15-7-6-12-23(13-15)19(26)28-20(2,3)4/h8-11,15H,5-7,12-13H2,1-4H3,(H,21,24)(H,22,25). The maximum Gasteiger partial charge on any atom is 0.410 e. The Morgan fingerprint density at radius 2 is 1.82 bits per heavy atom. The first-order chi connectivity index (χ1) is 13.2. The molecular weight excluding hydrogens is 362 g/mol. The number of benzene rings is 1. The third-order valence-corrected chi connectivity index (χ3v) is 4.17. The topological polar surface area (TPSA) is 97.0 Å². The van der Waals surface area contributed by atoms with Crippen LogP contribution < -0.4 is 15.6 Å². The third kappa shape index (κ3) is 6.44. The van der Waals surface area contributed by atoms with Crippen molar-refractivity contribution >= 4 is 17.9 Å². The molecule has 0 aromatic heterocycles. The van der Waals surface area contributed by atoms with Crippen LogP contribution in [-0.4, -0.2) is 48.1 Å². The van der Waals surface area contributed by atoms with Crippen molar-refractivity contribution in [1.29, 1.82) is 0 Å². The summed E-state index contributed by atoms with van der Waals surface area (Å²) in [7, 11) is 0. The van der Waals surface area contributed by atoms with E-state index in [2.05, 4.69) is 10.9 Å². The Bertz CT molecular complexity index is 697. The molecular formula is C20H29N3O5. The minimum absolute atomic E-state index is 0.264. The minimum Gasteiger partial charge on any atom is -0.494 e. The summed E-state index contributed by atoms with van der Waals surface area (Å²) >= 11 is 0. The van der Waals surface area contributed by atoms with Gasteiger partial charge in [0.05, 0.1) is 12.5 Å². The fourth-order valence-electron chi connectivity index (χ4n) is 2.85. The Labute approximate surface area is 165 Å². The highest BCUT2D eigenvalue weighted by atomic mass is 16.6. The van der Waals surface area contributed by atoms with Crippen molar-refractivity contribution in [2.24, 2.45) is 5.92 Å². The highest BCUT2D eigenvalue weighted by molar-refractivity contribution is 5.95. The quantitative estimate of drug-likeness (QED) is 0.769. The fourth-order valence-corrected chi connectivity index (χ4v) is 2.85. The maximum atomic E-state index is 12.4. The molecule has 1 aromatic rings. The molecule has 0 aliphatic carbocycles.